The number of halogens is 1. The molecule has 0 aromatic rings. The highest BCUT2D eigenvalue weighted by Gasteiger charge is 1.92. The van der Waals surface area contributed by atoms with Crippen LogP contribution in [0.1, 0.15) is 0 Å². The first-order chi connectivity index (χ1) is 3.81. The fraction of sp³-hybridized carbons (Fsp3) is 1.00. The van der Waals surface area contributed by atoms with Gasteiger partial charge in [0, 0.05) is 5.33 Å². The highest BCUT2D eigenvalue weighted by atomic mass is 79.9. The van der Waals surface area contributed by atoms with E-state index in [1.807, 2.05) is 0 Å². The monoisotopic (exact) mass is 202 g/mol. The first kappa shape index (κ1) is 8.55. The van der Waals surface area contributed by atoms with Gasteiger partial charge in [0.15, 0.2) is 0 Å². The second-order valence-electron chi connectivity index (χ2n) is 0.882. The maximum atomic E-state index is 10.2. The van der Waals surface area contributed by atoms with Gasteiger partial charge in [0.2, 0.25) is 0 Å². The van der Waals surface area contributed by atoms with Crippen LogP contribution in [0.15, 0.2) is 0 Å². The average molecular weight is 203 g/mol. The Balaban J connectivity index is 2.99. The van der Waals surface area contributed by atoms with Gasteiger partial charge in [-0.25, -0.2) is 0 Å². The molecule has 0 saturated heterocycles. The van der Waals surface area contributed by atoms with Crippen LogP contribution in [0.25, 0.3) is 0 Å². The van der Waals surface area contributed by atoms with E-state index in [0.29, 0.717) is 11.9 Å². The molecule has 1 atom stereocenters. The van der Waals surface area contributed by atoms with Crippen molar-refractivity contribution in [1.29, 1.82) is 0 Å². The van der Waals surface area contributed by atoms with Crippen LogP contribution in [-0.4, -0.2) is 23.3 Å². The predicted molar refractivity (Wildman–Crippen MR) is 34.9 cm³/mol. The third-order valence-electron chi connectivity index (χ3n) is 0.393. The van der Waals surface area contributed by atoms with Crippen LogP contribution >= 0.6 is 15.9 Å². The molecule has 0 aliphatic carbocycles. The van der Waals surface area contributed by atoms with E-state index in [9.17, 15) is 4.21 Å². The van der Waals surface area contributed by atoms with Gasteiger partial charge in [0.25, 0.3) is 0 Å². The first-order valence-electron chi connectivity index (χ1n) is 1.96. The normalized spacial score (nSPS) is 13.8. The van der Waals surface area contributed by atoms with Gasteiger partial charge >= 0.3 is 11.4 Å². The maximum absolute atomic E-state index is 10.2. The molecular formula is C3H7BrO3S. The molecule has 0 N–H and O–H groups in total. The molecule has 0 heterocycles. The lowest BCUT2D eigenvalue weighted by atomic mass is 10.9. The highest BCUT2D eigenvalue weighted by molar-refractivity contribution is 9.09. The zero-order valence-electron chi connectivity index (χ0n) is 4.43. The summed E-state index contributed by atoms with van der Waals surface area (Å²) in [6, 6.07) is 0. The number of hydrogen-bond donors (Lipinski definition) is 0. The fourth-order valence-electron chi connectivity index (χ4n) is 0.148. The van der Waals surface area contributed by atoms with Crippen LogP contribution in [0.4, 0.5) is 0 Å². The highest BCUT2D eigenvalue weighted by Crippen LogP contribution is 1.87. The summed E-state index contributed by atoms with van der Waals surface area (Å²) in [5, 5.41) is 0.669. The van der Waals surface area contributed by atoms with Crippen LogP contribution in [0.2, 0.25) is 0 Å². The van der Waals surface area contributed by atoms with E-state index in [-0.39, 0.29) is 0 Å². The Kier molecular flexibility index (Phi) is 6.07. The molecule has 0 unspecified atom stereocenters. The zero-order chi connectivity index (χ0) is 6.41. The van der Waals surface area contributed by atoms with E-state index < -0.39 is 11.4 Å². The molecule has 0 spiro atoms. The summed E-state index contributed by atoms with van der Waals surface area (Å²) in [6.07, 6.45) is 0. The maximum Gasteiger partial charge on any atom is 0.304 e. The SMILES string of the molecule is CO[S@@](=O)OCCBr. The van der Waals surface area contributed by atoms with Crippen LogP contribution in [-0.2, 0) is 19.7 Å². The number of alkyl halides is 1. The number of rotatable bonds is 4. The van der Waals surface area contributed by atoms with Crippen molar-refractivity contribution in [3.63, 3.8) is 0 Å². The fourth-order valence-corrected chi connectivity index (χ4v) is 0.839. The van der Waals surface area contributed by atoms with Crippen molar-refractivity contribution in [3.05, 3.63) is 0 Å². The molecular weight excluding hydrogens is 196 g/mol. The topological polar surface area (TPSA) is 35.5 Å². The van der Waals surface area contributed by atoms with E-state index in [0.717, 1.165) is 0 Å². The van der Waals surface area contributed by atoms with Gasteiger partial charge in [-0.15, -0.1) is 0 Å². The van der Waals surface area contributed by atoms with E-state index in [2.05, 4.69) is 24.3 Å². The van der Waals surface area contributed by atoms with Crippen LogP contribution in [0, 0.1) is 0 Å². The van der Waals surface area contributed by atoms with E-state index in [4.69, 9.17) is 0 Å². The summed E-state index contributed by atoms with van der Waals surface area (Å²) in [5.41, 5.74) is 0. The van der Waals surface area contributed by atoms with Crippen LogP contribution in [0.5, 0.6) is 0 Å². The van der Waals surface area contributed by atoms with Crippen LogP contribution < -0.4 is 0 Å². The Morgan fingerprint density at radius 2 is 2.38 bits per heavy atom. The quantitative estimate of drug-likeness (QED) is 0.628. The molecule has 0 amide bonds. The van der Waals surface area contributed by atoms with E-state index in [1.165, 1.54) is 7.11 Å². The lowest BCUT2D eigenvalue weighted by Gasteiger charge is -1.94. The average Bonchev–Trinajstić information content (AvgIpc) is 1.83. The Morgan fingerprint density at radius 3 is 2.75 bits per heavy atom. The smallest absolute Gasteiger partial charge is 0.272 e. The molecule has 0 aliphatic heterocycles. The first-order valence-corrected chi connectivity index (χ1v) is 4.09. The van der Waals surface area contributed by atoms with Gasteiger partial charge in [-0.05, 0) is 0 Å². The van der Waals surface area contributed by atoms with Crippen molar-refractivity contribution in [1.82, 2.24) is 0 Å². The summed E-state index contributed by atoms with van der Waals surface area (Å²) in [6.45, 7) is 0.403. The zero-order valence-corrected chi connectivity index (χ0v) is 6.83. The molecule has 0 saturated carbocycles. The van der Waals surface area contributed by atoms with Crippen molar-refractivity contribution in [2.24, 2.45) is 0 Å². The summed E-state index contributed by atoms with van der Waals surface area (Å²) < 4.78 is 19.0. The second-order valence-corrected chi connectivity index (χ2v) is 2.65. The molecule has 0 aromatic heterocycles. The predicted octanol–water partition coefficient (Wildman–Crippen LogP) is 0.623. The van der Waals surface area contributed by atoms with Gasteiger partial charge < -0.3 is 0 Å². The molecule has 0 aromatic carbocycles. The third-order valence-corrected chi connectivity index (χ3v) is 1.35. The molecule has 8 heavy (non-hydrogen) atoms. The second kappa shape index (κ2) is 5.68. The molecule has 0 fully saturated rings. The van der Waals surface area contributed by atoms with Gasteiger partial charge in [0.1, 0.15) is 0 Å². The van der Waals surface area contributed by atoms with Gasteiger partial charge in [0.05, 0.1) is 13.7 Å². The van der Waals surface area contributed by atoms with Crippen molar-refractivity contribution in [3.8, 4) is 0 Å². The number of hydrogen-bond acceptors (Lipinski definition) is 3. The Morgan fingerprint density at radius 1 is 1.75 bits per heavy atom. The molecule has 0 aliphatic rings. The van der Waals surface area contributed by atoms with Crippen molar-refractivity contribution in [2.75, 3.05) is 19.0 Å². The lowest BCUT2D eigenvalue weighted by Crippen LogP contribution is -2.00. The molecule has 0 radical (unpaired) electrons. The van der Waals surface area contributed by atoms with Crippen LogP contribution in [0.3, 0.4) is 0 Å². The summed E-state index contributed by atoms with van der Waals surface area (Å²) in [4.78, 5) is 0. The molecule has 5 heteroatoms. The van der Waals surface area contributed by atoms with E-state index in [1.54, 1.807) is 0 Å². The minimum absolute atomic E-state index is 0.403. The van der Waals surface area contributed by atoms with E-state index >= 15 is 0 Å². The standard InChI is InChI=1S/C3H7BrO3S/c1-6-8(5)7-3-2-4/h2-3H2,1H3/t8-/m1/s1. The molecule has 3 nitrogen and oxygen atoms in total. The summed E-state index contributed by atoms with van der Waals surface area (Å²) >= 11 is 1.54. The summed E-state index contributed by atoms with van der Waals surface area (Å²) in [5.74, 6) is 0. The van der Waals surface area contributed by atoms with Gasteiger partial charge in [-0.1, -0.05) is 15.9 Å². The Bertz CT molecular complexity index is 76.9. The van der Waals surface area contributed by atoms with Gasteiger partial charge in [-0.3, -0.25) is 8.37 Å². The van der Waals surface area contributed by atoms with Crippen molar-refractivity contribution < 1.29 is 12.6 Å². The van der Waals surface area contributed by atoms with Gasteiger partial charge in [-0.2, -0.15) is 4.21 Å². The Labute approximate surface area is 59.4 Å². The molecule has 0 bridgehead atoms. The summed E-state index contributed by atoms with van der Waals surface area (Å²) in [7, 11) is 1.32. The van der Waals surface area contributed by atoms with Crippen molar-refractivity contribution in [2.45, 2.75) is 0 Å². The third kappa shape index (κ3) is 4.70. The minimum Gasteiger partial charge on any atom is -0.272 e. The largest absolute Gasteiger partial charge is 0.304 e. The van der Waals surface area contributed by atoms with Crippen molar-refractivity contribution >= 4 is 27.3 Å². The molecule has 50 valence electrons. The molecule has 0 rings (SSSR count). The lowest BCUT2D eigenvalue weighted by molar-refractivity contribution is 0.299. The minimum atomic E-state index is -1.56. The Hall–Kier alpha value is 0.550.